The summed E-state index contributed by atoms with van der Waals surface area (Å²) in [5.74, 6) is 0.409. The summed E-state index contributed by atoms with van der Waals surface area (Å²) in [6.07, 6.45) is 0.612. The van der Waals surface area contributed by atoms with Gasteiger partial charge in [0.2, 0.25) is 11.8 Å². The zero-order valence-corrected chi connectivity index (χ0v) is 15.8. The molecule has 26 heavy (non-hydrogen) atoms. The summed E-state index contributed by atoms with van der Waals surface area (Å²) in [5, 5.41) is 3.41. The molecular weight excluding hydrogens is 352 g/mol. The van der Waals surface area contributed by atoms with Crippen LogP contribution in [-0.4, -0.2) is 36.9 Å². The molecule has 1 N–H and O–H groups in total. The maximum atomic E-state index is 12.2. The summed E-state index contributed by atoms with van der Waals surface area (Å²) < 4.78 is 5.32. The molecule has 0 fully saturated rings. The molecule has 5 nitrogen and oxygen atoms in total. The number of para-hydroxylation sites is 1. The predicted octanol–water partition coefficient (Wildman–Crippen LogP) is 3.06. The number of nitrogens with one attached hydrogen (secondary N) is 1. The lowest BCUT2D eigenvalue weighted by atomic mass is 10.1. The van der Waals surface area contributed by atoms with Crippen molar-refractivity contribution in [2.45, 2.75) is 19.9 Å². The second kappa shape index (κ2) is 9.82. The van der Waals surface area contributed by atoms with Crippen molar-refractivity contribution in [1.82, 2.24) is 10.2 Å². The highest BCUT2D eigenvalue weighted by molar-refractivity contribution is 6.31. The van der Waals surface area contributed by atoms with Crippen molar-refractivity contribution < 1.29 is 14.3 Å². The number of hydrogen-bond donors (Lipinski definition) is 1. The van der Waals surface area contributed by atoms with Gasteiger partial charge in [0.15, 0.2) is 0 Å². The number of carbonyl (C=O) groups excluding carboxylic acids is 2. The number of amides is 2. The molecule has 0 unspecified atom stereocenters. The molecule has 0 radical (unpaired) electrons. The maximum absolute atomic E-state index is 12.2. The summed E-state index contributed by atoms with van der Waals surface area (Å²) >= 11 is 6.08. The Bertz CT molecular complexity index is 764. The number of hydrogen-bond acceptors (Lipinski definition) is 3. The van der Waals surface area contributed by atoms with E-state index in [-0.39, 0.29) is 18.4 Å². The second-order valence-corrected chi connectivity index (χ2v) is 6.28. The van der Waals surface area contributed by atoms with Gasteiger partial charge in [0.05, 0.1) is 13.7 Å². The normalized spacial score (nSPS) is 10.3. The minimum atomic E-state index is -0.222. The molecule has 0 aliphatic heterocycles. The molecule has 2 aromatic carbocycles. The van der Waals surface area contributed by atoms with Gasteiger partial charge >= 0.3 is 0 Å². The summed E-state index contributed by atoms with van der Waals surface area (Å²) in [6.45, 7) is 2.24. The minimum Gasteiger partial charge on any atom is -0.496 e. The smallest absolute Gasteiger partial charge is 0.239 e. The van der Waals surface area contributed by atoms with Gasteiger partial charge in [-0.2, -0.15) is 0 Å². The standard InChI is InChI=1S/C20H23ClN2O3/c1-15(24)23(12-11-16-7-4-6-10-19(16)26-2)14-20(25)22-13-17-8-3-5-9-18(17)21/h3-10H,11-14H2,1-2H3,(H,22,25). The number of carbonyl (C=O) groups is 2. The number of ether oxygens (including phenoxy) is 1. The molecule has 0 heterocycles. The third-order valence-electron chi connectivity index (χ3n) is 4.06. The van der Waals surface area contributed by atoms with Crippen molar-refractivity contribution >= 4 is 23.4 Å². The fourth-order valence-electron chi connectivity index (χ4n) is 2.58. The van der Waals surface area contributed by atoms with Crippen LogP contribution in [0.15, 0.2) is 48.5 Å². The summed E-state index contributed by atoms with van der Waals surface area (Å²) in [5.41, 5.74) is 1.84. The second-order valence-electron chi connectivity index (χ2n) is 5.87. The van der Waals surface area contributed by atoms with Crippen LogP contribution in [0.1, 0.15) is 18.1 Å². The molecule has 0 spiro atoms. The Hall–Kier alpha value is -2.53. The molecule has 0 atom stereocenters. The monoisotopic (exact) mass is 374 g/mol. The Labute approximate surface area is 158 Å². The van der Waals surface area contributed by atoms with Crippen LogP contribution >= 0.6 is 11.6 Å². The quantitative estimate of drug-likeness (QED) is 0.772. The molecule has 0 saturated heterocycles. The number of benzene rings is 2. The van der Waals surface area contributed by atoms with Crippen LogP contribution in [0.3, 0.4) is 0 Å². The highest BCUT2D eigenvalue weighted by Crippen LogP contribution is 2.18. The van der Waals surface area contributed by atoms with Gasteiger partial charge in [-0.1, -0.05) is 48.0 Å². The van der Waals surface area contributed by atoms with E-state index in [1.165, 1.54) is 11.8 Å². The van der Waals surface area contributed by atoms with Gasteiger partial charge in [-0.05, 0) is 29.7 Å². The van der Waals surface area contributed by atoms with E-state index in [1.54, 1.807) is 13.2 Å². The highest BCUT2D eigenvalue weighted by Gasteiger charge is 2.14. The largest absolute Gasteiger partial charge is 0.496 e. The van der Waals surface area contributed by atoms with Crippen molar-refractivity contribution in [2.24, 2.45) is 0 Å². The lowest BCUT2D eigenvalue weighted by Crippen LogP contribution is -2.40. The first-order valence-corrected chi connectivity index (χ1v) is 8.76. The highest BCUT2D eigenvalue weighted by atomic mass is 35.5. The zero-order valence-electron chi connectivity index (χ0n) is 15.0. The summed E-state index contributed by atoms with van der Waals surface area (Å²) in [4.78, 5) is 25.6. The molecular formula is C20H23ClN2O3. The topological polar surface area (TPSA) is 58.6 Å². The Morgan fingerprint density at radius 2 is 1.73 bits per heavy atom. The van der Waals surface area contributed by atoms with E-state index >= 15 is 0 Å². The number of nitrogens with zero attached hydrogens (tertiary/aromatic N) is 1. The van der Waals surface area contributed by atoms with E-state index in [4.69, 9.17) is 16.3 Å². The first-order chi connectivity index (χ1) is 12.5. The van der Waals surface area contributed by atoms with Crippen LogP contribution in [0.5, 0.6) is 5.75 Å². The maximum Gasteiger partial charge on any atom is 0.239 e. The van der Waals surface area contributed by atoms with Crippen molar-refractivity contribution in [3.63, 3.8) is 0 Å². The lowest BCUT2D eigenvalue weighted by Gasteiger charge is -2.21. The fourth-order valence-corrected chi connectivity index (χ4v) is 2.78. The molecule has 0 aromatic heterocycles. The van der Waals surface area contributed by atoms with Gasteiger partial charge < -0.3 is 15.0 Å². The van der Waals surface area contributed by atoms with Crippen molar-refractivity contribution in [3.05, 3.63) is 64.7 Å². The molecule has 0 bridgehead atoms. The summed E-state index contributed by atoms with van der Waals surface area (Å²) in [7, 11) is 1.61. The Kier molecular flexibility index (Phi) is 7.48. The van der Waals surface area contributed by atoms with Crippen LogP contribution in [-0.2, 0) is 22.6 Å². The first kappa shape index (κ1) is 19.8. The summed E-state index contributed by atoms with van der Waals surface area (Å²) in [6, 6.07) is 15.0. The van der Waals surface area contributed by atoms with Gasteiger partial charge in [-0.25, -0.2) is 0 Å². The Morgan fingerprint density at radius 1 is 1.08 bits per heavy atom. The van der Waals surface area contributed by atoms with E-state index in [0.29, 0.717) is 24.5 Å². The molecule has 6 heteroatoms. The van der Waals surface area contributed by atoms with Crippen LogP contribution in [0.2, 0.25) is 5.02 Å². The van der Waals surface area contributed by atoms with Gasteiger partial charge in [0.25, 0.3) is 0 Å². The molecule has 138 valence electrons. The van der Waals surface area contributed by atoms with Gasteiger partial charge in [-0.15, -0.1) is 0 Å². The molecule has 2 aromatic rings. The Morgan fingerprint density at radius 3 is 2.38 bits per heavy atom. The SMILES string of the molecule is COc1ccccc1CCN(CC(=O)NCc1ccccc1Cl)C(C)=O. The van der Waals surface area contributed by atoms with Gasteiger partial charge in [-0.3, -0.25) is 9.59 Å². The lowest BCUT2D eigenvalue weighted by molar-refractivity contribution is -0.134. The van der Waals surface area contributed by atoms with Crippen molar-refractivity contribution in [2.75, 3.05) is 20.2 Å². The Balaban J connectivity index is 1.90. The van der Waals surface area contributed by atoms with Gasteiger partial charge in [0.1, 0.15) is 5.75 Å². The fraction of sp³-hybridized carbons (Fsp3) is 0.300. The van der Waals surface area contributed by atoms with Gasteiger partial charge in [0, 0.05) is 25.0 Å². The molecule has 0 saturated carbocycles. The average molecular weight is 375 g/mol. The van der Waals surface area contributed by atoms with E-state index in [1.807, 2.05) is 42.5 Å². The number of halogens is 1. The van der Waals surface area contributed by atoms with Crippen molar-refractivity contribution in [3.8, 4) is 5.75 Å². The average Bonchev–Trinajstić information content (AvgIpc) is 2.64. The molecule has 0 aliphatic rings. The molecule has 2 amide bonds. The van der Waals surface area contributed by atoms with Crippen LogP contribution < -0.4 is 10.1 Å². The number of rotatable bonds is 8. The van der Waals surface area contributed by atoms with E-state index < -0.39 is 0 Å². The molecule has 0 aliphatic carbocycles. The van der Waals surface area contributed by atoms with E-state index in [0.717, 1.165) is 16.9 Å². The van der Waals surface area contributed by atoms with Crippen molar-refractivity contribution in [1.29, 1.82) is 0 Å². The van der Waals surface area contributed by atoms with E-state index in [2.05, 4.69) is 5.32 Å². The third-order valence-corrected chi connectivity index (χ3v) is 4.43. The van der Waals surface area contributed by atoms with Crippen LogP contribution in [0.4, 0.5) is 0 Å². The van der Waals surface area contributed by atoms with Crippen LogP contribution in [0.25, 0.3) is 0 Å². The van der Waals surface area contributed by atoms with Crippen LogP contribution in [0, 0.1) is 0 Å². The number of methoxy groups -OCH3 is 1. The zero-order chi connectivity index (χ0) is 18.9. The van der Waals surface area contributed by atoms with E-state index in [9.17, 15) is 9.59 Å². The predicted molar refractivity (Wildman–Crippen MR) is 102 cm³/mol. The first-order valence-electron chi connectivity index (χ1n) is 8.38. The molecule has 2 rings (SSSR count). The minimum absolute atomic E-state index is 0.00886. The third kappa shape index (κ3) is 5.77.